The maximum absolute atomic E-state index is 5.51. The van der Waals surface area contributed by atoms with Crippen LogP contribution in [0.5, 0.6) is 11.5 Å². The summed E-state index contributed by atoms with van der Waals surface area (Å²) < 4.78 is 14.3. The van der Waals surface area contributed by atoms with Crippen LogP contribution in [0.3, 0.4) is 0 Å². The molecule has 0 radical (unpaired) electrons. The third kappa shape index (κ3) is 2.09. The summed E-state index contributed by atoms with van der Waals surface area (Å²) in [5.41, 5.74) is 5.50. The van der Waals surface area contributed by atoms with Gasteiger partial charge in [-0.1, -0.05) is 11.8 Å². The molecule has 6 heteroatoms. The lowest BCUT2D eigenvalue weighted by molar-refractivity contribution is 0.174. The van der Waals surface area contributed by atoms with E-state index in [0.29, 0.717) is 6.79 Å². The van der Waals surface area contributed by atoms with Gasteiger partial charge in [0.05, 0.1) is 16.1 Å². The Labute approximate surface area is 148 Å². The molecule has 0 unspecified atom stereocenters. The summed E-state index contributed by atoms with van der Waals surface area (Å²) >= 11 is 3.69. The van der Waals surface area contributed by atoms with E-state index in [1.54, 1.807) is 11.8 Å². The minimum atomic E-state index is 0.315. The summed E-state index contributed by atoms with van der Waals surface area (Å²) in [6.45, 7) is 2.55. The fraction of sp³-hybridized carbons (Fsp3) is 0.278. The summed E-state index contributed by atoms with van der Waals surface area (Å²) in [7, 11) is 2.04. The molecule has 3 heterocycles. The van der Waals surface area contributed by atoms with E-state index in [2.05, 4.69) is 24.2 Å². The van der Waals surface area contributed by atoms with Crippen LogP contribution in [0, 0.1) is 6.92 Å². The van der Waals surface area contributed by atoms with E-state index in [9.17, 15) is 0 Å². The molecule has 2 aromatic heterocycles. The van der Waals surface area contributed by atoms with Crippen molar-refractivity contribution in [3.05, 3.63) is 40.4 Å². The lowest BCUT2D eigenvalue weighted by Gasteiger charge is -2.16. The van der Waals surface area contributed by atoms with Gasteiger partial charge in [0.15, 0.2) is 11.5 Å². The first-order valence-electron chi connectivity index (χ1n) is 7.91. The zero-order valence-corrected chi connectivity index (χ0v) is 15.1. The molecule has 0 bridgehead atoms. The maximum Gasteiger partial charge on any atom is 0.231 e. The monoisotopic (exact) mass is 356 g/mol. The minimum absolute atomic E-state index is 0.315. The van der Waals surface area contributed by atoms with Gasteiger partial charge >= 0.3 is 0 Å². The van der Waals surface area contributed by atoms with Gasteiger partial charge < -0.3 is 9.47 Å². The van der Waals surface area contributed by atoms with Crippen molar-refractivity contribution in [1.29, 1.82) is 0 Å². The molecule has 0 fully saturated rings. The molecule has 0 spiro atoms. The topological polar surface area (TPSA) is 36.3 Å². The van der Waals surface area contributed by atoms with Crippen molar-refractivity contribution in [2.75, 3.05) is 6.79 Å². The molecule has 0 atom stereocenters. The second-order valence-electron chi connectivity index (χ2n) is 6.06. The average Bonchev–Trinajstić information content (AvgIpc) is 3.26. The predicted molar refractivity (Wildman–Crippen MR) is 95.4 cm³/mol. The molecule has 4 nitrogen and oxygen atoms in total. The standard InChI is InChI=1S/C18H16N2O2S2/c1-10-13-5-3-11-8-19-20(2)17(11)16(13)18(23-10)24-12-4-6-14-15(7-12)22-9-21-14/h4,6-8H,3,5,9H2,1-2H3. The Kier molecular flexibility index (Phi) is 3.18. The summed E-state index contributed by atoms with van der Waals surface area (Å²) in [5, 5.41) is 4.48. The van der Waals surface area contributed by atoms with Crippen LogP contribution in [0.25, 0.3) is 11.3 Å². The van der Waals surface area contributed by atoms with Gasteiger partial charge in [0, 0.05) is 22.4 Å². The number of rotatable bonds is 2. The van der Waals surface area contributed by atoms with E-state index >= 15 is 0 Å². The Morgan fingerprint density at radius 2 is 2.08 bits per heavy atom. The van der Waals surface area contributed by atoms with Crippen molar-refractivity contribution in [2.45, 2.75) is 28.9 Å². The summed E-state index contributed by atoms with van der Waals surface area (Å²) in [6.07, 6.45) is 4.21. The summed E-state index contributed by atoms with van der Waals surface area (Å²) in [4.78, 5) is 2.60. The van der Waals surface area contributed by atoms with E-state index in [0.717, 1.165) is 24.3 Å². The van der Waals surface area contributed by atoms with Crippen LogP contribution in [0.2, 0.25) is 0 Å². The predicted octanol–water partition coefficient (Wildman–Crippen LogP) is 4.44. The van der Waals surface area contributed by atoms with Crippen molar-refractivity contribution in [3.8, 4) is 22.8 Å². The van der Waals surface area contributed by atoms with E-state index in [4.69, 9.17) is 9.47 Å². The van der Waals surface area contributed by atoms with Crippen LogP contribution in [0.15, 0.2) is 33.5 Å². The third-order valence-corrected chi connectivity index (χ3v) is 6.95. The molecule has 1 aliphatic heterocycles. The number of hydrogen-bond acceptors (Lipinski definition) is 5. The Bertz CT molecular complexity index is 958. The molecule has 0 saturated carbocycles. The number of aromatic nitrogens is 2. The highest BCUT2D eigenvalue weighted by Gasteiger charge is 2.27. The van der Waals surface area contributed by atoms with Gasteiger partial charge in [-0.15, -0.1) is 11.3 Å². The molecule has 0 saturated heterocycles. The molecule has 24 heavy (non-hydrogen) atoms. The Morgan fingerprint density at radius 3 is 3.00 bits per heavy atom. The van der Waals surface area contributed by atoms with Crippen LogP contribution in [-0.4, -0.2) is 16.6 Å². The summed E-state index contributed by atoms with van der Waals surface area (Å²) in [5.74, 6) is 1.67. The first-order valence-corrected chi connectivity index (χ1v) is 9.55. The number of hydrogen-bond donors (Lipinski definition) is 0. The second-order valence-corrected chi connectivity index (χ2v) is 8.63. The molecule has 3 aromatic rings. The highest BCUT2D eigenvalue weighted by molar-refractivity contribution is 8.01. The van der Waals surface area contributed by atoms with E-state index in [1.165, 1.54) is 36.4 Å². The normalized spacial score (nSPS) is 14.6. The first kappa shape index (κ1) is 14.4. The molecule has 1 aliphatic carbocycles. The van der Waals surface area contributed by atoms with E-state index in [1.807, 2.05) is 35.3 Å². The van der Waals surface area contributed by atoms with Gasteiger partial charge in [0.2, 0.25) is 6.79 Å². The van der Waals surface area contributed by atoms with Crippen molar-refractivity contribution in [1.82, 2.24) is 9.78 Å². The zero-order chi connectivity index (χ0) is 16.3. The van der Waals surface area contributed by atoms with Crippen LogP contribution in [0.1, 0.15) is 16.0 Å². The molecule has 0 N–H and O–H groups in total. The largest absolute Gasteiger partial charge is 0.454 e. The smallest absolute Gasteiger partial charge is 0.231 e. The lowest BCUT2D eigenvalue weighted by Crippen LogP contribution is -2.05. The van der Waals surface area contributed by atoms with Crippen molar-refractivity contribution >= 4 is 23.1 Å². The average molecular weight is 356 g/mol. The van der Waals surface area contributed by atoms with E-state index in [-0.39, 0.29) is 0 Å². The van der Waals surface area contributed by atoms with Gasteiger partial charge in [-0.05, 0) is 49.1 Å². The Morgan fingerprint density at radius 1 is 1.21 bits per heavy atom. The highest BCUT2D eigenvalue weighted by Crippen LogP contribution is 2.49. The second kappa shape index (κ2) is 5.29. The molecular weight excluding hydrogens is 340 g/mol. The number of nitrogens with zero attached hydrogens (tertiary/aromatic N) is 2. The van der Waals surface area contributed by atoms with Gasteiger partial charge in [0.1, 0.15) is 0 Å². The number of ether oxygens (including phenoxy) is 2. The molecule has 0 amide bonds. The van der Waals surface area contributed by atoms with Gasteiger partial charge in [-0.2, -0.15) is 5.10 Å². The molecule has 2 aliphatic rings. The van der Waals surface area contributed by atoms with Crippen LogP contribution < -0.4 is 9.47 Å². The first-order chi connectivity index (χ1) is 11.7. The molecule has 5 rings (SSSR count). The van der Waals surface area contributed by atoms with Crippen molar-refractivity contribution in [3.63, 3.8) is 0 Å². The number of thiophene rings is 1. The molecule has 1 aromatic carbocycles. The lowest BCUT2D eigenvalue weighted by atomic mass is 9.92. The SMILES string of the molecule is Cc1sc(Sc2ccc3c(c2)OCO3)c2c1CCc1cnn(C)c1-2. The molecular formula is C18H16N2O2S2. The summed E-state index contributed by atoms with van der Waals surface area (Å²) in [6, 6.07) is 6.17. The Hall–Kier alpha value is -1.92. The van der Waals surface area contributed by atoms with Gasteiger partial charge in [-0.3, -0.25) is 4.68 Å². The quantitative estimate of drug-likeness (QED) is 0.680. The number of fused-ring (bicyclic) bond motifs is 4. The van der Waals surface area contributed by atoms with Crippen LogP contribution in [-0.2, 0) is 19.9 Å². The van der Waals surface area contributed by atoms with Crippen molar-refractivity contribution < 1.29 is 9.47 Å². The zero-order valence-electron chi connectivity index (χ0n) is 13.5. The van der Waals surface area contributed by atoms with Crippen molar-refractivity contribution in [2.24, 2.45) is 7.05 Å². The maximum atomic E-state index is 5.51. The minimum Gasteiger partial charge on any atom is -0.454 e. The van der Waals surface area contributed by atoms with Gasteiger partial charge in [-0.25, -0.2) is 0 Å². The van der Waals surface area contributed by atoms with E-state index < -0.39 is 0 Å². The van der Waals surface area contributed by atoms with Crippen LogP contribution in [0.4, 0.5) is 0 Å². The number of benzene rings is 1. The fourth-order valence-corrected chi connectivity index (χ4v) is 6.05. The third-order valence-electron chi connectivity index (χ3n) is 4.63. The Balaban J connectivity index is 1.60. The molecule has 122 valence electrons. The van der Waals surface area contributed by atoms with Crippen LogP contribution >= 0.6 is 23.1 Å². The van der Waals surface area contributed by atoms with Gasteiger partial charge in [0.25, 0.3) is 0 Å². The fourth-order valence-electron chi connectivity index (χ4n) is 3.46. The highest BCUT2D eigenvalue weighted by atomic mass is 32.2. The number of aryl methyl sites for hydroxylation is 3.